The Kier molecular flexibility index (Phi) is 9.28. The predicted octanol–water partition coefficient (Wildman–Crippen LogP) is 10.9. The third-order valence-electron chi connectivity index (χ3n) is 7.72. The molecule has 3 heteroatoms. The van der Waals surface area contributed by atoms with Crippen molar-refractivity contribution in [2.24, 2.45) is 0 Å². The maximum absolute atomic E-state index is 14.9. The van der Waals surface area contributed by atoms with Crippen molar-refractivity contribution in [3.8, 4) is 39.5 Å². The highest BCUT2D eigenvalue weighted by atomic mass is 19.1. The zero-order chi connectivity index (χ0) is 29.7. The molecule has 4 aromatic carbocycles. The number of aryl methyl sites for hydroxylation is 3. The summed E-state index contributed by atoms with van der Waals surface area (Å²) in [6.45, 7) is 16.2. The number of rotatable bonds is 6. The lowest BCUT2D eigenvalue weighted by Crippen LogP contribution is -2.28. The normalized spacial score (nSPS) is 12.0. The molecule has 1 heterocycles. The molecule has 0 saturated heterocycles. The van der Waals surface area contributed by atoms with Crippen LogP contribution in [-0.4, -0.2) is 15.7 Å². The Balaban J connectivity index is 0.00000124. The number of imidazole rings is 1. The van der Waals surface area contributed by atoms with Gasteiger partial charge in [0.25, 0.3) is 0 Å². The third kappa shape index (κ3) is 6.35. The van der Waals surface area contributed by atoms with Crippen LogP contribution >= 0.6 is 0 Å². The van der Waals surface area contributed by atoms with Crippen molar-refractivity contribution >= 4 is 0 Å². The van der Waals surface area contributed by atoms with E-state index in [1.807, 2.05) is 38.1 Å². The van der Waals surface area contributed by atoms with E-state index in [9.17, 15) is 4.39 Å². The fraction of sp³-hybridized carbons (Fsp3) is 0.289. The standard InChI is InChI=1S/C35H35FN2.C3H8/c1-23-13-12-16-28(19-23)32-22-38(33-24(2)20-29(21-25(33)3)27-14-8-7-9-15-27)34(37-32)30-17-10-11-18-31(30)35(5,6)26(4)36;1-3-2/h7-22,26H,1-6H3;3H2,1-2H3/t26-;/m1./s1. The summed E-state index contributed by atoms with van der Waals surface area (Å²) in [5.74, 6) is 0.824. The minimum atomic E-state index is -1.02. The molecule has 0 aliphatic carbocycles. The lowest BCUT2D eigenvalue weighted by atomic mass is 9.78. The Morgan fingerprint density at radius 1 is 0.756 bits per heavy atom. The van der Waals surface area contributed by atoms with Crippen molar-refractivity contribution in [2.75, 3.05) is 0 Å². The second kappa shape index (κ2) is 12.7. The molecule has 0 radical (unpaired) electrons. The number of hydrogen-bond acceptors (Lipinski definition) is 1. The second-order valence-electron chi connectivity index (χ2n) is 11.6. The van der Waals surface area contributed by atoms with Crippen LogP contribution in [0.15, 0.2) is 97.2 Å². The van der Waals surface area contributed by atoms with E-state index >= 15 is 0 Å². The van der Waals surface area contributed by atoms with Gasteiger partial charge in [-0.25, -0.2) is 9.37 Å². The van der Waals surface area contributed by atoms with Crippen molar-refractivity contribution < 1.29 is 4.39 Å². The molecule has 0 bridgehead atoms. The summed E-state index contributed by atoms with van der Waals surface area (Å²) in [6.07, 6.45) is 2.36. The molecule has 0 aliphatic rings. The fourth-order valence-electron chi connectivity index (χ4n) is 5.27. The Morgan fingerprint density at radius 2 is 1.34 bits per heavy atom. The molecular weight excluding hydrogens is 503 g/mol. The van der Waals surface area contributed by atoms with E-state index < -0.39 is 11.6 Å². The van der Waals surface area contributed by atoms with Crippen molar-refractivity contribution in [2.45, 2.75) is 73.4 Å². The van der Waals surface area contributed by atoms with E-state index in [-0.39, 0.29) is 0 Å². The topological polar surface area (TPSA) is 17.8 Å². The SMILES string of the molecule is CCC.Cc1cccc(-c2cn(-c3c(C)cc(-c4ccccc4)cc3C)c(-c3ccccc3C(C)(C)[C@@H](C)F)n2)c1. The van der Waals surface area contributed by atoms with Gasteiger partial charge < -0.3 is 0 Å². The highest BCUT2D eigenvalue weighted by molar-refractivity contribution is 5.74. The molecule has 212 valence electrons. The average molecular weight is 547 g/mol. The number of hydrogen-bond donors (Lipinski definition) is 0. The summed E-state index contributed by atoms with van der Waals surface area (Å²) in [5, 5.41) is 0. The van der Waals surface area contributed by atoms with Crippen LogP contribution in [0.3, 0.4) is 0 Å². The van der Waals surface area contributed by atoms with Gasteiger partial charge in [0, 0.05) is 22.7 Å². The van der Waals surface area contributed by atoms with Gasteiger partial charge in [-0.15, -0.1) is 0 Å². The minimum Gasteiger partial charge on any atom is -0.299 e. The molecule has 5 aromatic rings. The van der Waals surface area contributed by atoms with E-state index in [2.05, 4.69) is 112 Å². The molecule has 41 heavy (non-hydrogen) atoms. The summed E-state index contributed by atoms with van der Waals surface area (Å²) in [7, 11) is 0. The van der Waals surface area contributed by atoms with Gasteiger partial charge in [-0.3, -0.25) is 4.57 Å². The van der Waals surface area contributed by atoms with Gasteiger partial charge in [-0.1, -0.05) is 112 Å². The first-order valence-electron chi connectivity index (χ1n) is 14.7. The van der Waals surface area contributed by atoms with E-state index in [0.29, 0.717) is 0 Å². The van der Waals surface area contributed by atoms with Crippen LogP contribution in [0.25, 0.3) is 39.5 Å². The van der Waals surface area contributed by atoms with Crippen molar-refractivity contribution in [3.63, 3.8) is 0 Å². The zero-order valence-electron chi connectivity index (χ0n) is 25.8. The molecule has 5 rings (SSSR count). The molecule has 0 amide bonds. The van der Waals surface area contributed by atoms with Crippen molar-refractivity contribution in [1.29, 1.82) is 0 Å². The maximum Gasteiger partial charge on any atom is 0.145 e. The number of benzene rings is 4. The van der Waals surface area contributed by atoms with Gasteiger partial charge >= 0.3 is 0 Å². The summed E-state index contributed by atoms with van der Waals surface area (Å²) >= 11 is 0. The summed E-state index contributed by atoms with van der Waals surface area (Å²) in [5.41, 5.74) is 10.2. The van der Waals surface area contributed by atoms with Crippen LogP contribution in [0.5, 0.6) is 0 Å². The average Bonchev–Trinajstić information content (AvgIpc) is 3.38. The summed E-state index contributed by atoms with van der Waals surface area (Å²) < 4.78 is 17.1. The van der Waals surface area contributed by atoms with Crippen molar-refractivity contribution in [1.82, 2.24) is 9.55 Å². The molecule has 2 nitrogen and oxygen atoms in total. The molecule has 1 aromatic heterocycles. The van der Waals surface area contributed by atoms with Crippen LogP contribution in [-0.2, 0) is 5.41 Å². The second-order valence-corrected chi connectivity index (χ2v) is 11.6. The van der Waals surface area contributed by atoms with E-state index in [1.165, 1.54) is 23.1 Å². The summed E-state index contributed by atoms with van der Waals surface area (Å²) in [6, 6.07) is 31.5. The summed E-state index contributed by atoms with van der Waals surface area (Å²) in [4.78, 5) is 5.21. The molecule has 0 N–H and O–H groups in total. The Labute approximate surface area is 245 Å². The third-order valence-corrected chi connectivity index (χ3v) is 7.72. The number of alkyl halides is 1. The molecule has 0 spiro atoms. The Bertz CT molecular complexity index is 1590. The van der Waals surface area contributed by atoms with E-state index in [1.54, 1.807) is 6.92 Å². The van der Waals surface area contributed by atoms with Crippen LogP contribution < -0.4 is 0 Å². The zero-order valence-corrected chi connectivity index (χ0v) is 25.8. The van der Waals surface area contributed by atoms with Crippen LogP contribution in [0, 0.1) is 20.8 Å². The quantitative estimate of drug-likeness (QED) is 0.207. The highest BCUT2D eigenvalue weighted by Gasteiger charge is 2.32. The van der Waals surface area contributed by atoms with Gasteiger partial charge in [-0.05, 0) is 73.7 Å². The Hall–Kier alpha value is -3.98. The van der Waals surface area contributed by atoms with Gasteiger partial charge in [0.1, 0.15) is 12.0 Å². The maximum atomic E-state index is 14.9. The molecule has 0 fully saturated rings. The van der Waals surface area contributed by atoms with Gasteiger partial charge in [0.2, 0.25) is 0 Å². The lowest BCUT2D eigenvalue weighted by molar-refractivity contribution is 0.237. The molecule has 0 aliphatic heterocycles. The number of nitrogens with zero attached hydrogens (tertiary/aromatic N) is 2. The fourth-order valence-corrected chi connectivity index (χ4v) is 5.27. The van der Waals surface area contributed by atoms with Crippen LogP contribution in [0.1, 0.15) is 63.3 Å². The first kappa shape index (κ1) is 30.0. The first-order chi connectivity index (χ1) is 19.6. The van der Waals surface area contributed by atoms with Gasteiger partial charge in [0.15, 0.2) is 0 Å². The van der Waals surface area contributed by atoms with E-state index in [4.69, 9.17) is 4.98 Å². The molecular formula is C38H43FN2. The lowest BCUT2D eigenvalue weighted by Gasteiger charge is -2.29. The van der Waals surface area contributed by atoms with Crippen LogP contribution in [0.2, 0.25) is 0 Å². The monoisotopic (exact) mass is 546 g/mol. The Morgan fingerprint density at radius 3 is 1.95 bits per heavy atom. The minimum absolute atomic E-state index is 0.669. The van der Waals surface area contributed by atoms with Gasteiger partial charge in [0.05, 0.1) is 11.4 Å². The molecule has 1 atom stereocenters. The van der Waals surface area contributed by atoms with Crippen LogP contribution in [0.4, 0.5) is 4.39 Å². The predicted molar refractivity (Wildman–Crippen MR) is 174 cm³/mol. The van der Waals surface area contributed by atoms with Gasteiger partial charge in [-0.2, -0.15) is 0 Å². The molecule has 0 saturated carbocycles. The smallest absolute Gasteiger partial charge is 0.145 e. The molecule has 0 unspecified atom stereocenters. The van der Waals surface area contributed by atoms with E-state index in [0.717, 1.165) is 45.0 Å². The largest absolute Gasteiger partial charge is 0.299 e. The highest BCUT2D eigenvalue weighted by Crippen LogP contribution is 2.39. The van der Waals surface area contributed by atoms with Crippen molar-refractivity contribution in [3.05, 3.63) is 119 Å². The number of halogens is 1. The number of aromatic nitrogens is 2. The first-order valence-corrected chi connectivity index (χ1v) is 14.7.